The van der Waals surface area contributed by atoms with Crippen LogP contribution in [0.1, 0.15) is 26.7 Å². The number of anilines is 1. The topological polar surface area (TPSA) is 119 Å². The minimum Gasteiger partial charge on any atom is -0.480 e. The van der Waals surface area contributed by atoms with E-state index in [1.807, 2.05) is 13.8 Å². The first-order valence-corrected chi connectivity index (χ1v) is 6.01. The Hall–Kier alpha value is -2.12. The zero-order valence-corrected chi connectivity index (χ0v) is 10.8. The highest BCUT2D eigenvalue weighted by atomic mass is 16.4. The molecule has 0 bridgehead atoms. The number of carboxylic acid groups (broad SMARTS) is 1. The minimum absolute atomic E-state index is 0.0558. The van der Waals surface area contributed by atoms with Gasteiger partial charge in [0.25, 0.3) is 5.56 Å². The fourth-order valence-electron chi connectivity index (χ4n) is 2.62. The average molecular weight is 268 g/mol. The number of H-pyrrole nitrogens is 2. The van der Waals surface area contributed by atoms with E-state index in [-0.39, 0.29) is 5.82 Å². The van der Waals surface area contributed by atoms with Crippen LogP contribution < -0.4 is 16.1 Å². The van der Waals surface area contributed by atoms with E-state index < -0.39 is 28.7 Å². The van der Waals surface area contributed by atoms with Gasteiger partial charge in [0.2, 0.25) is 5.82 Å². The molecule has 0 amide bonds. The van der Waals surface area contributed by atoms with Crippen LogP contribution in [0.5, 0.6) is 0 Å². The van der Waals surface area contributed by atoms with Crippen molar-refractivity contribution in [2.75, 3.05) is 11.4 Å². The number of rotatable bonds is 2. The maximum Gasteiger partial charge on any atom is 0.342 e. The van der Waals surface area contributed by atoms with Gasteiger partial charge in [-0.1, -0.05) is 13.8 Å². The first-order valence-electron chi connectivity index (χ1n) is 6.01. The summed E-state index contributed by atoms with van der Waals surface area (Å²) < 4.78 is 0. The number of hydrogen-bond acceptors (Lipinski definition) is 5. The molecule has 8 nitrogen and oxygen atoms in total. The van der Waals surface area contributed by atoms with Gasteiger partial charge in [0.15, 0.2) is 0 Å². The molecule has 0 aliphatic carbocycles. The van der Waals surface area contributed by atoms with Crippen molar-refractivity contribution in [2.45, 2.75) is 32.7 Å². The van der Waals surface area contributed by atoms with Crippen molar-refractivity contribution in [1.29, 1.82) is 0 Å². The summed E-state index contributed by atoms with van der Waals surface area (Å²) in [6.07, 6.45) is 1.51. The summed E-state index contributed by atoms with van der Waals surface area (Å²) in [5, 5.41) is 15.2. The number of aliphatic carboxylic acids is 1. The number of aromatic nitrogens is 3. The van der Waals surface area contributed by atoms with E-state index >= 15 is 0 Å². The quantitative estimate of drug-likeness (QED) is 0.667. The maximum absolute atomic E-state index is 11.7. The molecule has 1 aliphatic heterocycles. The van der Waals surface area contributed by atoms with Gasteiger partial charge in [-0.2, -0.15) is 0 Å². The Kier molecular flexibility index (Phi) is 3.17. The number of nitrogens with zero attached hydrogens (tertiary/aromatic N) is 2. The van der Waals surface area contributed by atoms with E-state index in [2.05, 4.69) is 15.2 Å². The van der Waals surface area contributed by atoms with Crippen LogP contribution in [0.4, 0.5) is 5.82 Å². The number of nitrogens with one attached hydrogen (secondary N) is 2. The number of hydrogen-bond donors (Lipinski definition) is 3. The van der Waals surface area contributed by atoms with Crippen molar-refractivity contribution in [3.8, 4) is 0 Å². The summed E-state index contributed by atoms with van der Waals surface area (Å²) in [5.74, 6) is -1.06. The smallest absolute Gasteiger partial charge is 0.342 e. The predicted molar refractivity (Wildman–Crippen MR) is 67.3 cm³/mol. The lowest BCUT2D eigenvalue weighted by Crippen LogP contribution is -2.56. The SMILES string of the molecule is CC1(C)CCCN(c2n[nH]c(=O)[nH]c2=O)C1C(=O)O. The molecule has 2 heterocycles. The fraction of sp³-hybridized carbons (Fsp3) is 0.636. The zero-order valence-electron chi connectivity index (χ0n) is 10.8. The molecule has 0 spiro atoms. The van der Waals surface area contributed by atoms with Gasteiger partial charge in [0, 0.05) is 6.54 Å². The molecule has 1 fully saturated rings. The second-order valence-corrected chi connectivity index (χ2v) is 5.36. The first kappa shape index (κ1) is 13.3. The molecule has 8 heteroatoms. The molecular weight excluding hydrogens is 252 g/mol. The van der Waals surface area contributed by atoms with Crippen molar-refractivity contribution in [3.63, 3.8) is 0 Å². The number of carbonyl (C=O) groups is 1. The van der Waals surface area contributed by atoms with Crippen LogP contribution in [0.15, 0.2) is 9.59 Å². The van der Waals surface area contributed by atoms with Crippen LogP contribution in [-0.2, 0) is 4.79 Å². The lowest BCUT2D eigenvalue weighted by atomic mass is 9.76. The van der Waals surface area contributed by atoms with E-state index in [0.29, 0.717) is 6.54 Å². The molecule has 1 aliphatic rings. The molecule has 0 aromatic carbocycles. The van der Waals surface area contributed by atoms with Gasteiger partial charge in [0.1, 0.15) is 6.04 Å². The first-order chi connectivity index (χ1) is 8.83. The molecule has 0 saturated carbocycles. The number of aromatic amines is 2. The third kappa shape index (κ3) is 2.38. The third-order valence-electron chi connectivity index (χ3n) is 3.47. The van der Waals surface area contributed by atoms with E-state index in [9.17, 15) is 19.5 Å². The van der Waals surface area contributed by atoms with Crippen LogP contribution in [0, 0.1) is 5.41 Å². The molecule has 104 valence electrons. The van der Waals surface area contributed by atoms with Gasteiger partial charge in [-0.05, 0) is 18.3 Å². The molecule has 1 aromatic heterocycles. The predicted octanol–water partition coefficient (Wildman–Crippen LogP) is -0.462. The van der Waals surface area contributed by atoms with E-state index in [1.54, 1.807) is 0 Å². The van der Waals surface area contributed by atoms with Gasteiger partial charge in [-0.3, -0.25) is 9.78 Å². The second-order valence-electron chi connectivity index (χ2n) is 5.36. The monoisotopic (exact) mass is 268 g/mol. The molecular formula is C11H16N4O4. The van der Waals surface area contributed by atoms with Crippen LogP contribution in [0.2, 0.25) is 0 Å². The molecule has 0 radical (unpaired) electrons. The van der Waals surface area contributed by atoms with Gasteiger partial charge >= 0.3 is 11.7 Å². The Morgan fingerprint density at radius 1 is 1.47 bits per heavy atom. The van der Waals surface area contributed by atoms with E-state index in [0.717, 1.165) is 12.8 Å². The van der Waals surface area contributed by atoms with E-state index in [4.69, 9.17) is 0 Å². The summed E-state index contributed by atoms with van der Waals surface area (Å²) in [7, 11) is 0. The Morgan fingerprint density at radius 2 is 2.16 bits per heavy atom. The summed E-state index contributed by atoms with van der Waals surface area (Å²) in [4.78, 5) is 37.7. The fourth-order valence-corrected chi connectivity index (χ4v) is 2.62. The Morgan fingerprint density at radius 3 is 2.74 bits per heavy atom. The molecule has 1 unspecified atom stereocenters. The lowest BCUT2D eigenvalue weighted by Gasteiger charge is -2.43. The maximum atomic E-state index is 11.7. The highest BCUT2D eigenvalue weighted by molar-refractivity contribution is 5.79. The van der Waals surface area contributed by atoms with Crippen LogP contribution >= 0.6 is 0 Å². The van der Waals surface area contributed by atoms with Gasteiger partial charge < -0.3 is 10.0 Å². The number of carboxylic acids is 1. The van der Waals surface area contributed by atoms with Crippen LogP contribution in [-0.4, -0.2) is 38.8 Å². The molecule has 2 rings (SSSR count). The van der Waals surface area contributed by atoms with Crippen LogP contribution in [0.25, 0.3) is 0 Å². The van der Waals surface area contributed by atoms with Gasteiger partial charge in [0.05, 0.1) is 0 Å². The molecule has 3 N–H and O–H groups in total. The van der Waals surface area contributed by atoms with Crippen molar-refractivity contribution in [1.82, 2.24) is 15.2 Å². The Labute approximate surface area is 108 Å². The van der Waals surface area contributed by atoms with Crippen molar-refractivity contribution < 1.29 is 9.90 Å². The number of piperidine rings is 1. The van der Waals surface area contributed by atoms with Crippen LogP contribution in [0.3, 0.4) is 0 Å². The molecule has 1 atom stereocenters. The third-order valence-corrected chi connectivity index (χ3v) is 3.47. The normalized spacial score (nSPS) is 22.2. The van der Waals surface area contributed by atoms with Crippen molar-refractivity contribution in [3.05, 3.63) is 20.8 Å². The van der Waals surface area contributed by atoms with Crippen molar-refractivity contribution in [2.24, 2.45) is 5.41 Å². The van der Waals surface area contributed by atoms with Gasteiger partial charge in [-0.15, -0.1) is 5.10 Å². The highest BCUT2D eigenvalue weighted by Crippen LogP contribution is 2.36. The minimum atomic E-state index is -1.00. The van der Waals surface area contributed by atoms with Gasteiger partial charge in [-0.25, -0.2) is 14.7 Å². The summed E-state index contributed by atoms with van der Waals surface area (Å²) in [6.45, 7) is 4.11. The van der Waals surface area contributed by atoms with Crippen molar-refractivity contribution >= 4 is 11.8 Å². The lowest BCUT2D eigenvalue weighted by molar-refractivity contribution is -0.142. The molecule has 19 heavy (non-hydrogen) atoms. The Bertz CT molecular complexity index is 603. The Balaban J connectivity index is 2.49. The highest BCUT2D eigenvalue weighted by Gasteiger charge is 2.43. The standard InChI is InChI=1S/C11H16N4O4/c1-11(2)4-3-5-15(6(11)9(17)18)7-8(16)12-10(19)14-13-7/h6H,3-5H2,1-2H3,(H,17,18)(H2,12,14,16,19). The summed E-state index contributed by atoms with van der Waals surface area (Å²) in [6, 6.07) is -0.847. The zero-order chi connectivity index (χ0) is 14.2. The summed E-state index contributed by atoms with van der Waals surface area (Å²) >= 11 is 0. The second kappa shape index (κ2) is 4.52. The molecule has 1 saturated heterocycles. The van der Waals surface area contributed by atoms with E-state index in [1.165, 1.54) is 4.90 Å². The largest absolute Gasteiger partial charge is 0.480 e. The average Bonchev–Trinajstić information content (AvgIpc) is 2.26. The molecule has 1 aromatic rings. The summed E-state index contributed by atoms with van der Waals surface area (Å²) in [5.41, 5.74) is -1.86.